The molecule has 0 fully saturated rings. The smallest absolute Gasteiger partial charge is 0.277 e. The van der Waals surface area contributed by atoms with Gasteiger partial charge in [-0.1, -0.05) is 30.0 Å². The van der Waals surface area contributed by atoms with Gasteiger partial charge in [0.05, 0.1) is 12.7 Å². The number of hydroxylamine groups is 1. The SMILES string of the molecule is CONC(=O)c1cccnc1Sc1ccccc1. The topological polar surface area (TPSA) is 51.2 Å². The highest BCUT2D eigenvalue weighted by molar-refractivity contribution is 7.99. The fourth-order valence-corrected chi connectivity index (χ4v) is 2.29. The van der Waals surface area contributed by atoms with Gasteiger partial charge in [0.2, 0.25) is 0 Å². The van der Waals surface area contributed by atoms with E-state index in [1.54, 1.807) is 18.3 Å². The lowest BCUT2D eigenvalue weighted by Crippen LogP contribution is -2.22. The Morgan fingerprint density at radius 3 is 2.72 bits per heavy atom. The summed E-state index contributed by atoms with van der Waals surface area (Å²) in [6.07, 6.45) is 1.66. The lowest BCUT2D eigenvalue weighted by molar-refractivity contribution is 0.0534. The van der Waals surface area contributed by atoms with E-state index in [-0.39, 0.29) is 5.91 Å². The second-order valence-electron chi connectivity index (χ2n) is 3.41. The molecule has 4 nitrogen and oxygen atoms in total. The summed E-state index contributed by atoms with van der Waals surface area (Å²) in [7, 11) is 1.40. The Kier molecular flexibility index (Phi) is 4.33. The molecule has 1 N–H and O–H groups in total. The van der Waals surface area contributed by atoms with Gasteiger partial charge < -0.3 is 0 Å². The zero-order valence-corrected chi connectivity index (χ0v) is 10.6. The van der Waals surface area contributed by atoms with Gasteiger partial charge in [-0.25, -0.2) is 10.5 Å². The van der Waals surface area contributed by atoms with Gasteiger partial charge in [0, 0.05) is 11.1 Å². The van der Waals surface area contributed by atoms with Crippen LogP contribution in [0.4, 0.5) is 0 Å². The Hall–Kier alpha value is -1.85. The fourth-order valence-electron chi connectivity index (χ4n) is 1.39. The van der Waals surface area contributed by atoms with Crippen molar-refractivity contribution in [3.63, 3.8) is 0 Å². The average molecular weight is 260 g/mol. The standard InChI is InChI=1S/C13H12N2O2S/c1-17-15-12(16)11-8-5-9-14-13(11)18-10-6-3-2-4-7-10/h2-9H,1H3,(H,15,16). The number of carbonyl (C=O) groups excluding carboxylic acids is 1. The summed E-state index contributed by atoms with van der Waals surface area (Å²) in [4.78, 5) is 21.6. The molecule has 0 radical (unpaired) electrons. The minimum absolute atomic E-state index is 0.302. The predicted octanol–water partition coefficient (Wildman–Crippen LogP) is 2.52. The first-order valence-electron chi connectivity index (χ1n) is 5.32. The number of nitrogens with one attached hydrogen (secondary N) is 1. The number of aromatic nitrogens is 1. The van der Waals surface area contributed by atoms with E-state index in [1.165, 1.54) is 18.9 Å². The van der Waals surface area contributed by atoms with Crippen molar-refractivity contribution in [2.75, 3.05) is 7.11 Å². The third kappa shape index (κ3) is 3.09. The number of hydrogen-bond donors (Lipinski definition) is 1. The van der Waals surface area contributed by atoms with Gasteiger partial charge in [0.25, 0.3) is 5.91 Å². The zero-order chi connectivity index (χ0) is 12.8. The van der Waals surface area contributed by atoms with Crippen molar-refractivity contribution in [1.29, 1.82) is 0 Å². The minimum atomic E-state index is -0.302. The van der Waals surface area contributed by atoms with Crippen LogP contribution in [-0.4, -0.2) is 18.0 Å². The third-order valence-electron chi connectivity index (χ3n) is 2.17. The van der Waals surface area contributed by atoms with Crippen LogP contribution in [0.25, 0.3) is 0 Å². The van der Waals surface area contributed by atoms with E-state index in [0.29, 0.717) is 10.6 Å². The second kappa shape index (κ2) is 6.18. The molecule has 18 heavy (non-hydrogen) atoms. The van der Waals surface area contributed by atoms with Gasteiger partial charge >= 0.3 is 0 Å². The van der Waals surface area contributed by atoms with Gasteiger partial charge in [-0.15, -0.1) is 0 Å². The van der Waals surface area contributed by atoms with Crippen LogP contribution in [0.15, 0.2) is 58.6 Å². The van der Waals surface area contributed by atoms with Crippen LogP contribution in [0.1, 0.15) is 10.4 Å². The van der Waals surface area contributed by atoms with Gasteiger partial charge in [0.15, 0.2) is 0 Å². The highest BCUT2D eigenvalue weighted by Crippen LogP contribution is 2.28. The minimum Gasteiger partial charge on any atom is -0.277 e. The maximum absolute atomic E-state index is 11.8. The van der Waals surface area contributed by atoms with Crippen LogP contribution in [0.5, 0.6) is 0 Å². The van der Waals surface area contributed by atoms with E-state index in [2.05, 4.69) is 15.3 Å². The molecule has 0 saturated heterocycles. The monoisotopic (exact) mass is 260 g/mol. The van der Waals surface area contributed by atoms with E-state index < -0.39 is 0 Å². The van der Waals surface area contributed by atoms with Crippen LogP contribution in [0.2, 0.25) is 0 Å². The molecule has 0 aliphatic carbocycles. The summed E-state index contributed by atoms with van der Waals surface area (Å²) in [5, 5.41) is 0.651. The molecule has 0 saturated carbocycles. The second-order valence-corrected chi connectivity index (χ2v) is 4.47. The average Bonchev–Trinajstić information content (AvgIpc) is 2.41. The van der Waals surface area contributed by atoms with Crippen molar-refractivity contribution >= 4 is 17.7 Å². The first-order chi connectivity index (χ1) is 8.81. The number of hydrogen-bond acceptors (Lipinski definition) is 4. The molecule has 1 heterocycles. The van der Waals surface area contributed by atoms with Crippen molar-refractivity contribution in [2.45, 2.75) is 9.92 Å². The first-order valence-corrected chi connectivity index (χ1v) is 6.14. The van der Waals surface area contributed by atoms with Crippen LogP contribution in [-0.2, 0) is 4.84 Å². The van der Waals surface area contributed by atoms with Crippen molar-refractivity contribution < 1.29 is 9.63 Å². The van der Waals surface area contributed by atoms with Crippen molar-refractivity contribution in [2.24, 2.45) is 0 Å². The summed E-state index contributed by atoms with van der Waals surface area (Å²) in [5.41, 5.74) is 2.79. The maximum Gasteiger partial charge on any atom is 0.277 e. The van der Waals surface area contributed by atoms with E-state index in [9.17, 15) is 4.79 Å². The fraction of sp³-hybridized carbons (Fsp3) is 0.0769. The third-order valence-corrected chi connectivity index (χ3v) is 3.19. The molecule has 1 amide bonds. The van der Waals surface area contributed by atoms with Gasteiger partial charge in [0.1, 0.15) is 5.03 Å². The molecular weight excluding hydrogens is 248 g/mol. The van der Waals surface area contributed by atoms with Gasteiger partial charge in [-0.2, -0.15) is 0 Å². The molecular formula is C13H12N2O2S. The number of rotatable bonds is 4. The largest absolute Gasteiger partial charge is 0.277 e. The quantitative estimate of drug-likeness (QED) is 0.858. The number of amides is 1. The van der Waals surface area contributed by atoms with Crippen LogP contribution < -0.4 is 5.48 Å². The molecule has 1 aromatic heterocycles. The first kappa shape index (κ1) is 12.6. The van der Waals surface area contributed by atoms with Crippen LogP contribution in [0, 0.1) is 0 Å². The van der Waals surface area contributed by atoms with Crippen LogP contribution >= 0.6 is 11.8 Å². The predicted molar refractivity (Wildman–Crippen MR) is 69.3 cm³/mol. The number of benzene rings is 1. The molecule has 2 aromatic rings. The molecule has 2 rings (SSSR count). The number of pyridine rings is 1. The molecule has 92 valence electrons. The number of carbonyl (C=O) groups is 1. The molecule has 0 atom stereocenters. The van der Waals surface area contributed by atoms with E-state index in [0.717, 1.165) is 4.90 Å². The highest BCUT2D eigenvalue weighted by atomic mass is 32.2. The van der Waals surface area contributed by atoms with Crippen molar-refractivity contribution in [1.82, 2.24) is 10.5 Å². The molecule has 0 spiro atoms. The normalized spacial score (nSPS) is 10.1. The molecule has 0 unspecified atom stereocenters. The van der Waals surface area contributed by atoms with Gasteiger partial charge in [-0.05, 0) is 24.3 Å². The summed E-state index contributed by atoms with van der Waals surface area (Å²) in [5.74, 6) is -0.302. The van der Waals surface area contributed by atoms with Crippen LogP contribution in [0.3, 0.4) is 0 Å². The molecule has 5 heteroatoms. The Labute approximate surface area is 109 Å². The molecule has 0 aliphatic rings. The van der Waals surface area contributed by atoms with Crippen molar-refractivity contribution in [3.8, 4) is 0 Å². The van der Waals surface area contributed by atoms with Crippen molar-refractivity contribution in [3.05, 3.63) is 54.2 Å². The Morgan fingerprint density at radius 2 is 2.00 bits per heavy atom. The van der Waals surface area contributed by atoms with E-state index >= 15 is 0 Å². The Balaban J connectivity index is 2.25. The molecule has 0 aliphatic heterocycles. The Morgan fingerprint density at radius 1 is 1.22 bits per heavy atom. The van der Waals surface area contributed by atoms with Gasteiger partial charge in [-0.3, -0.25) is 9.63 Å². The summed E-state index contributed by atoms with van der Waals surface area (Å²) in [6.45, 7) is 0. The summed E-state index contributed by atoms with van der Waals surface area (Å²) < 4.78 is 0. The highest BCUT2D eigenvalue weighted by Gasteiger charge is 2.12. The summed E-state index contributed by atoms with van der Waals surface area (Å²) >= 11 is 1.44. The maximum atomic E-state index is 11.8. The lowest BCUT2D eigenvalue weighted by atomic mass is 10.3. The Bertz CT molecular complexity index is 532. The lowest BCUT2D eigenvalue weighted by Gasteiger charge is -2.07. The zero-order valence-electron chi connectivity index (χ0n) is 9.79. The van der Waals surface area contributed by atoms with E-state index in [4.69, 9.17) is 0 Å². The molecule has 0 bridgehead atoms. The van der Waals surface area contributed by atoms with E-state index in [1.807, 2.05) is 30.3 Å². The number of nitrogens with zero attached hydrogens (tertiary/aromatic N) is 1. The summed E-state index contributed by atoms with van der Waals surface area (Å²) in [6, 6.07) is 13.2. The molecule has 1 aromatic carbocycles.